The van der Waals surface area contributed by atoms with Crippen LogP contribution in [0.15, 0.2) is 60.9 Å². The quantitative estimate of drug-likeness (QED) is 0.368. The lowest BCUT2D eigenvalue weighted by molar-refractivity contribution is -0.140. The molecule has 1 saturated heterocycles. The van der Waals surface area contributed by atoms with E-state index in [0.717, 1.165) is 17.1 Å². The van der Waals surface area contributed by atoms with E-state index in [9.17, 15) is 4.79 Å². The molecule has 0 amide bonds. The number of hydrogen-bond acceptors (Lipinski definition) is 4. The molecule has 6 nitrogen and oxygen atoms in total. The van der Waals surface area contributed by atoms with Gasteiger partial charge in [0.15, 0.2) is 5.11 Å². The van der Waals surface area contributed by atoms with Crippen LogP contribution in [0.4, 0.5) is 0 Å². The Balaban J connectivity index is 1.73. The van der Waals surface area contributed by atoms with Gasteiger partial charge in [0.2, 0.25) is 0 Å². The zero-order chi connectivity index (χ0) is 22.7. The molecule has 1 aliphatic rings. The van der Waals surface area contributed by atoms with Gasteiger partial charge in [-0.15, -0.1) is 0 Å². The molecule has 3 aromatic rings. The van der Waals surface area contributed by atoms with Crippen molar-refractivity contribution in [3.8, 4) is 5.69 Å². The van der Waals surface area contributed by atoms with Gasteiger partial charge in [0, 0.05) is 36.1 Å². The van der Waals surface area contributed by atoms with E-state index >= 15 is 0 Å². The first-order chi connectivity index (χ1) is 15.5. The molecule has 1 aromatic carbocycles. The molecule has 32 heavy (non-hydrogen) atoms. The van der Waals surface area contributed by atoms with Crippen LogP contribution in [-0.4, -0.2) is 39.2 Å². The summed E-state index contributed by atoms with van der Waals surface area (Å²) in [6.07, 6.45) is 4.67. The molecule has 2 atom stereocenters. The Morgan fingerprint density at radius 3 is 2.78 bits per heavy atom. The first kappa shape index (κ1) is 22.6. The predicted octanol–water partition coefficient (Wildman–Crippen LogP) is 5.10. The van der Waals surface area contributed by atoms with E-state index in [1.165, 1.54) is 7.11 Å². The highest BCUT2D eigenvalue weighted by atomic mass is 35.5. The maximum atomic E-state index is 11.6. The van der Waals surface area contributed by atoms with E-state index in [-0.39, 0.29) is 18.1 Å². The Labute approximate surface area is 202 Å². The molecular weight excluding hydrogens is 467 g/mol. The topological polar surface area (TPSA) is 59.4 Å². The standard InChI is InChI=1S/C23H22Cl2N4O2S/c1-31-20(30)8-5-13-29-22(21(27-23(29)32)17-6-2-3-11-26-17)19-7-4-12-28(19)18-10-9-15(24)14-16(18)25/h2-4,6-7,9-12,14,21-22H,5,8,13H2,1H3,(H,27,32)/t21-,22+/m1/s1. The van der Waals surface area contributed by atoms with Crippen LogP contribution >= 0.6 is 35.4 Å². The third-order valence-electron chi connectivity index (χ3n) is 5.46. The Bertz CT molecular complexity index is 1120. The molecule has 9 heteroatoms. The minimum absolute atomic E-state index is 0.156. The summed E-state index contributed by atoms with van der Waals surface area (Å²) < 4.78 is 6.83. The van der Waals surface area contributed by atoms with Gasteiger partial charge >= 0.3 is 5.97 Å². The summed E-state index contributed by atoms with van der Waals surface area (Å²) in [6, 6.07) is 15.0. The van der Waals surface area contributed by atoms with Crippen LogP contribution < -0.4 is 5.32 Å². The van der Waals surface area contributed by atoms with Crippen molar-refractivity contribution in [1.29, 1.82) is 0 Å². The van der Waals surface area contributed by atoms with Crippen molar-refractivity contribution in [2.75, 3.05) is 13.7 Å². The number of hydrogen-bond donors (Lipinski definition) is 1. The zero-order valence-corrected chi connectivity index (χ0v) is 19.7. The average Bonchev–Trinajstić information content (AvgIpc) is 3.38. The van der Waals surface area contributed by atoms with Crippen LogP contribution in [0, 0.1) is 0 Å². The number of halogens is 2. The number of methoxy groups -OCH3 is 1. The van der Waals surface area contributed by atoms with Crippen molar-refractivity contribution in [2.24, 2.45) is 0 Å². The molecular formula is C23H22Cl2N4O2S. The van der Waals surface area contributed by atoms with Crippen molar-refractivity contribution >= 4 is 46.5 Å². The first-order valence-electron chi connectivity index (χ1n) is 10.2. The fourth-order valence-electron chi connectivity index (χ4n) is 3.99. The second-order valence-electron chi connectivity index (χ2n) is 7.40. The molecule has 0 aliphatic carbocycles. The lowest BCUT2D eigenvalue weighted by Gasteiger charge is -2.29. The molecule has 0 unspecified atom stereocenters. The zero-order valence-electron chi connectivity index (χ0n) is 17.4. The van der Waals surface area contributed by atoms with Crippen molar-refractivity contribution in [3.63, 3.8) is 0 Å². The molecule has 0 spiro atoms. The van der Waals surface area contributed by atoms with Gasteiger partial charge in [-0.05, 0) is 61.1 Å². The molecule has 1 aliphatic heterocycles. The molecule has 0 saturated carbocycles. The van der Waals surface area contributed by atoms with E-state index in [1.54, 1.807) is 12.3 Å². The van der Waals surface area contributed by atoms with Crippen molar-refractivity contribution < 1.29 is 9.53 Å². The van der Waals surface area contributed by atoms with Gasteiger partial charge in [-0.3, -0.25) is 9.78 Å². The minimum atomic E-state index is -0.239. The number of esters is 1. The Morgan fingerprint density at radius 1 is 1.22 bits per heavy atom. The fourth-order valence-corrected chi connectivity index (χ4v) is 4.83. The lowest BCUT2D eigenvalue weighted by Crippen LogP contribution is -2.31. The van der Waals surface area contributed by atoms with Gasteiger partial charge in [-0.1, -0.05) is 29.3 Å². The summed E-state index contributed by atoms with van der Waals surface area (Å²) in [7, 11) is 1.40. The largest absolute Gasteiger partial charge is 0.469 e. The van der Waals surface area contributed by atoms with Crippen LogP contribution in [-0.2, 0) is 9.53 Å². The van der Waals surface area contributed by atoms with Crippen molar-refractivity contribution in [2.45, 2.75) is 24.9 Å². The molecule has 3 heterocycles. The number of aromatic nitrogens is 2. The van der Waals surface area contributed by atoms with Crippen LogP contribution in [0.5, 0.6) is 0 Å². The van der Waals surface area contributed by atoms with Gasteiger partial charge < -0.3 is 19.5 Å². The molecule has 2 aromatic heterocycles. The first-order valence-corrected chi connectivity index (χ1v) is 11.3. The summed E-state index contributed by atoms with van der Waals surface area (Å²) >= 11 is 18.3. The smallest absolute Gasteiger partial charge is 0.305 e. The van der Waals surface area contributed by atoms with E-state index in [1.807, 2.05) is 47.2 Å². The second kappa shape index (κ2) is 9.90. The number of nitrogens with one attached hydrogen (secondary N) is 1. The maximum Gasteiger partial charge on any atom is 0.305 e. The number of rotatable bonds is 7. The summed E-state index contributed by atoms with van der Waals surface area (Å²) in [4.78, 5) is 18.3. The SMILES string of the molecule is COC(=O)CCCN1C(=S)N[C@H](c2ccccn2)[C@@H]1c1cccn1-c1ccc(Cl)cc1Cl. The summed E-state index contributed by atoms with van der Waals surface area (Å²) in [5.41, 5.74) is 2.70. The van der Waals surface area contributed by atoms with Crippen LogP contribution in [0.1, 0.15) is 36.3 Å². The third kappa shape index (κ3) is 4.60. The Hall–Kier alpha value is -2.61. The average molecular weight is 489 g/mol. The monoisotopic (exact) mass is 488 g/mol. The van der Waals surface area contributed by atoms with Gasteiger partial charge in [0.1, 0.15) is 0 Å². The molecule has 1 N–H and O–H groups in total. The van der Waals surface area contributed by atoms with Crippen LogP contribution in [0.3, 0.4) is 0 Å². The molecule has 166 valence electrons. The summed E-state index contributed by atoms with van der Waals surface area (Å²) in [6.45, 7) is 0.592. The summed E-state index contributed by atoms with van der Waals surface area (Å²) in [5, 5.41) is 5.17. The number of ether oxygens (including phenoxy) is 1. The van der Waals surface area contributed by atoms with E-state index in [4.69, 9.17) is 40.2 Å². The highest BCUT2D eigenvalue weighted by Gasteiger charge is 2.41. The van der Waals surface area contributed by atoms with Gasteiger partial charge in [0.25, 0.3) is 0 Å². The number of thiocarbonyl (C=S) groups is 1. The molecule has 1 fully saturated rings. The molecule has 0 radical (unpaired) electrons. The van der Waals surface area contributed by atoms with Crippen molar-refractivity contribution in [1.82, 2.24) is 19.8 Å². The lowest BCUT2D eigenvalue weighted by atomic mass is 10.0. The number of carbonyl (C=O) groups excluding carboxylic acids is 1. The minimum Gasteiger partial charge on any atom is -0.469 e. The van der Waals surface area contributed by atoms with Crippen molar-refractivity contribution in [3.05, 3.63) is 82.4 Å². The van der Waals surface area contributed by atoms with Crippen LogP contribution in [0.25, 0.3) is 5.69 Å². The normalized spacial score (nSPS) is 18.0. The molecule has 4 rings (SSSR count). The number of pyridine rings is 1. The highest BCUT2D eigenvalue weighted by molar-refractivity contribution is 7.80. The number of nitrogens with zero attached hydrogens (tertiary/aromatic N) is 3. The number of benzene rings is 1. The van der Waals surface area contributed by atoms with E-state index < -0.39 is 0 Å². The van der Waals surface area contributed by atoms with Gasteiger partial charge in [-0.25, -0.2) is 0 Å². The van der Waals surface area contributed by atoms with E-state index in [0.29, 0.717) is 34.5 Å². The van der Waals surface area contributed by atoms with Gasteiger partial charge in [-0.2, -0.15) is 0 Å². The maximum absolute atomic E-state index is 11.6. The Morgan fingerprint density at radius 2 is 2.06 bits per heavy atom. The highest BCUT2D eigenvalue weighted by Crippen LogP contribution is 2.40. The van der Waals surface area contributed by atoms with E-state index in [2.05, 4.69) is 21.3 Å². The van der Waals surface area contributed by atoms with Crippen LogP contribution in [0.2, 0.25) is 10.0 Å². The van der Waals surface area contributed by atoms with Gasteiger partial charge in [0.05, 0.1) is 35.6 Å². The molecule has 0 bridgehead atoms. The third-order valence-corrected chi connectivity index (χ3v) is 6.35. The number of carbonyl (C=O) groups is 1. The second-order valence-corrected chi connectivity index (χ2v) is 8.63. The predicted molar refractivity (Wildman–Crippen MR) is 129 cm³/mol. The Kier molecular flexibility index (Phi) is 6.98. The fraction of sp³-hybridized carbons (Fsp3) is 0.261. The summed E-state index contributed by atoms with van der Waals surface area (Å²) in [5.74, 6) is -0.239.